The third-order valence-corrected chi connectivity index (χ3v) is 7.17. The number of aromatic nitrogens is 3. The maximum absolute atomic E-state index is 13.4. The fourth-order valence-electron chi connectivity index (χ4n) is 4.48. The molecule has 0 bridgehead atoms. The van der Waals surface area contributed by atoms with Gasteiger partial charge in [0.15, 0.2) is 5.16 Å². The van der Waals surface area contributed by atoms with Crippen molar-refractivity contribution in [3.05, 3.63) is 53.6 Å². The molecule has 1 fully saturated rings. The highest BCUT2D eigenvalue weighted by molar-refractivity contribution is 7.99. The van der Waals surface area contributed by atoms with Crippen LogP contribution in [0.4, 0.5) is 17.3 Å². The normalized spacial score (nSPS) is 17.9. The Hall–Kier alpha value is -3.04. The minimum atomic E-state index is -0.261. The van der Waals surface area contributed by atoms with E-state index < -0.39 is 0 Å². The lowest BCUT2D eigenvalue weighted by Crippen LogP contribution is -2.40. The molecule has 2 aliphatic heterocycles. The summed E-state index contributed by atoms with van der Waals surface area (Å²) in [4.78, 5) is 29.6. The van der Waals surface area contributed by atoms with Crippen molar-refractivity contribution in [3.8, 4) is 5.69 Å². The van der Waals surface area contributed by atoms with Gasteiger partial charge in [-0.2, -0.15) is 0 Å². The number of hydrogen-bond acceptors (Lipinski definition) is 6. The van der Waals surface area contributed by atoms with E-state index in [1.54, 1.807) is 4.90 Å². The van der Waals surface area contributed by atoms with Crippen LogP contribution in [0.25, 0.3) is 5.69 Å². The maximum Gasteiger partial charge on any atom is 0.237 e. The number of nitrogens with one attached hydrogen (secondary N) is 1. The standard InChI is InChI=1S/C24H25ClN6O2S/c1-16-13-21(32)26-19-9-2-3-10-20(19)30(16)22(33)15-34-24-28-27-23(29-11-4-5-12-29)31(24)18-8-6-7-17(25)14-18/h2-3,6-10,14,16H,4-5,11-13,15H2,1H3,(H,26,32)/t16-/m0/s1. The number of amides is 2. The molecule has 0 saturated carbocycles. The molecular formula is C24H25ClN6O2S. The van der Waals surface area contributed by atoms with Crippen LogP contribution in [0.1, 0.15) is 26.2 Å². The molecule has 2 amide bonds. The average Bonchev–Trinajstić information content (AvgIpc) is 3.46. The molecule has 176 valence electrons. The Bertz CT molecular complexity index is 1230. The molecular weight excluding hydrogens is 472 g/mol. The highest BCUT2D eigenvalue weighted by Crippen LogP contribution is 2.33. The number of nitrogens with zero attached hydrogens (tertiary/aromatic N) is 5. The Balaban J connectivity index is 1.43. The summed E-state index contributed by atoms with van der Waals surface area (Å²) < 4.78 is 1.97. The van der Waals surface area contributed by atoms with Crippen molar-refractivity contribution < 1.29 is 9.59 Å². The van der Waals surface area contributed by atoms with Gasteiger partial charge in [-0.15, -0.1) is 10.2 Å². The minimum absolute atomic E-state index is 0.0928. The average molecular weight is 497 g/mol. The molecule has 0 radical (unpaired) electrons. The summed E-state index contributed by atoms with van der Waals surface area (Å²) in [5.74, 6) is 0.729. The summed E-state index contributed by atoms with van der Waals surface area (Å²) in [6, 6.07) is 14.7. The molecule has 3 heterocycles. The second-order valence-electron chi connectivity index (χ2n) is 8.46. The van der Waals surface area contributed by atoms with Gasteiger partial charge in [0, 0.05) is 30.6 Å². The van der Waals surface area contributed by atoms with E-state index >= 15 is 0 Å². The number of anilines is 3. The Labute approximate surface area is 207 Å². The Morgan fingerprint density at radius 2 is 1.94 bits per heavy atom. The first-order chi connectivity index (χ1) is 16.5. The van der Waals surface area contributed by atoms with Gasteiger partial charge in [0.25, 0.3) is 0 Å². The Morgan fingerprint density at radius 1 is 1.15 bits per heavy atom. The smallest absolute Gasteiger partial charge is 0.237 e. The molecule has 2 aliphatic rings. The van der Waals surface area contributed by atoms with Gasteiger partial charge in [-0.3, -0.25) is 14.2 Å². The van der Waals surface area contributed by atoms with E-state index in [-0.39, 0.29) is 30.0 Å². The molecule has 2 aromatic carbocycles. The summed E-state index contributed by atoms with van der Waals surface area (Å²) in [7, 11) is 0. The number of carbonyl (C=O) groups excluding carboxylic acids is 2. The number of carbonyl (C=O) groups is 2. The van der Waals surface area contributed by atoms with E-state index in [0.717, 1.165) is 37.6 Å². The molecule has 3 aromatic rings. The molecule has 5 rings (SSSR count). The fraction of sp³-hybridized carbons (Fsp3) is 0.333. The lowest BCUT2D eigenvalue weighted by atomic mass is 10.2. The number of fused-ring (bicyclic) bond motifs is 1. The molecule has 10 heteroatoms. The van der Waals surface area contributed by atoms with Gasteiger partial charge in [0.05, 0.1) is 22.8 Å². The van der Waals surface area contributed by atoms with Crippen molar-refractivity contribution in [2.45, 2.75) is 37.4 Å². The van der Waals surface area contributed by atoms with Crippen LogP contribution in [0.15, 0.2) is 53.7 Å². The number of benzene rings is 2. The first-order valence-corrected chi connectivity index (χ1v) is 12.7. The van der Waals surface area contributed by atoms with Crippen LogP contribution < -0.4 is 15.1 Å². The van der Waals surface area contributed by atoms with E-state index in [9.17, 15) is 9.59 Å². The van der Waals surface area contributed by atoms with Gasteiger partial charge in [-0.1, -0.05) is 41.6 Å². The van der Waals surface area contributed by atoms with Crippen molar-refractivity contribution in [1.82, 2.24) is 14.8 Å². The second kappa shape index (κ2) is 9.68. The van der Waals surface area contributed by atoms with E-state index in [0.29, 0.717) is 21.6 Å². The summed E-state index contributed by atoms with van der Waals surface area (Å²) in [6.07, 6.45) is 2.47. The van der Waals surface area contributed by atoms with Crippen molar-refractivity contribution in [3.63, 3.8) is 0 Å². The number of para-hydroxylation sites is 2. The Kier molecular flexibility index (Phi) is 6.47. The van der Waals surface area contributed by atoms with E-state index in [1.807, 2.05) is 60.0 Å². The summed E-state index contributed by atoms with van der Waals surface area (Å²) in [5.41, 5.74) is 2.21. The maximum atomic E-state index is 13.4. The van der Waals surface area contributed by atoms with E-state index in [4.69, 9.17) is 11.6 Å². The molecule has 34 heavy (non-hydrogen) atoms. The Morgan fingerprint density at radius 3 is 2.74 bits per heavy atom. The third-order valence-electron chi connectivity index (χ3n) is 6.02. The lowest BCUT2D eigenvalue weighted by molar-refractivity contribution is -0.117. The molecule has 1 N–H and O–H groups in total. The molecule has 1 saturated heterocycles. The lowest BCUT2D eigenvalue weighted by Gasteiger charge is -2.27. The van der Waals surface area contributed by atoms with Crippen LogP contribution in [-0.2, 0) is 9.59 Å². The monoisotopic (exact) mass is 496 g/mol. The van der Waals surface area contributed by atoms with Crippen LogP contribution in [-0.4, -0.2) is 51.5 Å². The summed E-state index contributed by atoms with van der Waals surface area (Å²) in [5, 5.41) is 13.0. The molecule has 8 nitrogen and oxygen atoms in total. The van der Waals surface area contributed by atoms with Crippen LogP contribution in [0.2, 0.25) is 5.02 Å². The molecule has 0 spiro atoms. The summed E-state index contributed by atoms with van der Waals surface area (Å²) in [6.45, 7) is 3.74. The second-order valence-corrected chi connectivity index (χ2v) is 9.84. The molecule has 1 atom stereocenters. The van der Waals surface area contributed by atoms with Gasteiger partial charge >= 0.3 is 0 Å². The van der Waals surface area contributed by atoms with E-state index in [1.165, 1.54) is 11.8 Å². The zero-order valence-corrected chi connectivity index (χ0v) is 20.3. The van der Waals surface area contributed by atoms with Crippen molar-refractivity contribution in [2.75, 3.05) is 34.0 Å². The molecule has 1 aromatic heterocycles. The quantitative estimate of drug-likeness (QED) is 0.528. The SMILES string of the molecule is C[C@H]1CC(=O)Nc2ccccc2N1C(=O)CSc1nnc(N2CCCC2)n1-c1cccc(Cl)c1. The van der Waals surface area contributed by atoms with Gasteiger partial charge in [0.1, 0.15) is 0 Å². The fourth-order valence-corrected chi connectivity index (χ4v) is 5.47. The van der Waals surface area contributed by atoms with Crippen molar-refractivity contribution in [2.24, 2.45) is 0 Å². The van der Waals surface area contributed by atoms with Crippen LogP contribution >= 0.6 is 23.4 Å². The predicted octanol–water partition coefficient (Wildman–Crippen LogP) is 4.38. The van der Waals surface area contributed by atoms with Crippen molar-refractivity contribution in [1.29, 1.82) is 0 Å². The van der Waals surface area contributed by atoms with Gasteiger partial charge in [-0.05, 0) is 50.1 Å². The topological polar surface area (TPSA) is 83.4 Å². The summed E-state index contributed by atoms with van der Waals surface area (Å²) >= 11 is 7.61. The van der Waals surface area contributed by atoms with Crippen LogP contribution in [0.5, 0.6) is 0 Å². The minimum Gasteiger partial charge on any atom is -0.341 e. The predicted molar refractivity (Wildman–Crippen MR) is 135 cm³/mol. The van der Waals surface area contributed by atoms with Crippen molar-refractivity contribution >= 4 is 52.5 Å². The van der Waals surface area contributed by atoms with Gasteiger partial charge in [0.2, 0.25) is 17.8 Å². The zero-order chi connectivity index (χ0) is 23.7. The third kappa shape index (κ3) is 4.50. The number of halogens is 1. The highest BCUT2D eigenvalue weighted by Gasteiger charge is 2.30. The number of hydrogen-bond donors (Lipinski definition) is 1. The van der Waals surface area contributed by atoms with E-state index in [2.05, 4.69) is 20.4 Å². The first-order valence-electron chi connectivity index (χ1n) is 11.3. The number of thioether (sulfide) groups is 1. The zero-order valence-electron chi connectivity index (χ0n) is 18.8. The first kappa shape index (κ1) is 22.7. The number of rotatable bonds is 5. The highest BCUT2D eigenvalue weighted by atomic mass is 35.5. The molecule has 0 aliphatic carbocycles. The van der Waals surface area contributed by atoms with Crippen LogP contribution in [0.3, 0.4) is 0 Å². The van der Waals surface area contributed by atoms with Gasteiger partial charge < -0.3 is 15.1 Å². The van der Waals surface area contributed by atoms with Gasteiger partial charge in [-0.25, -0.2) is 0 Å². The van der Waals surface area contributed by atoms with Crippen LogP contribution in [0, 0.1) is 0 Å². The largest absolute Gasteiger partial charge is 0.341 e. The molecule has 0 unspecified atom stereocenters.